The van der Waals surface area contributed by atoms with Crippen molar-refractivity contribution < 1.29 is 24.9 Å². The van der Waals surface area contributed by atoms with Gasteiger partial charge in [0, 0.05) is 32.1 Å². The van der Waals surface area contributed by atoms with E-state index in [-0.39, 0.29) is 30.0 Å². The average Bonchev–Trinajstić information content (AvgIpc) is 3.17. The van der Waals surface area contributed by atoms with Crippen molar-refractivity contribution in [2.24, 2.45) is 0 Å². The fourth-order valence-corrected chi connectivity index (χ4v) is 3.24. The van der Waals surface area contributed by atoms with Crippen molar-refractivity contribution in [3.63, 3.8) is 0 Å². The maximum absolute atomic E-state index is 12.9. The van der Waals surface area contributed by atoms with Crippen LogP contribution in [0.25, 0.3) is 0 Å². The molecule has 1 saturated heterocycles. The first-order valence-corrected chi connectivity index (χ1v) is 7.88. The fourth-order valence-electron chi connectivity index (χ4n) is 3.24. The van der Waals surface area contributed by atoms with E-state index in [0.29, 0.717) is 24.6 Å². The van der Waals surface area contributed by atoms with Crippen molar-refractivity contribution >= 4 is 5.91 Å². The molecule has 24 heavy (non-hydrogen) atoms. The first kappa shape index (κ1) is 17.0. The van der Waals surface area contributed by atoms with E-state index in [1.165, 1.54) is 6.08 Å². The van der Waals surface area contributed by atoms with Crippen molar-refractivity contribution in [3.05, 3.63) is 23.3 Å². The monoisotopic (exact) mass is 338 g/mol. The van der Waals surface area contributed by atoms with Gasteiger partial charge in [0.25, 0.3) is 0 Å². The molecule has 1 aliphatic heterocycles. The molecule has 5 atom stereocenters. The van der Waals surface area contributed by atoms with Gasteiger partial charge in [-0.15, -0.1) is 0 Å². The molecule has 3 rings (SSSR count). The Morgan fingerprint density at radius 1 is 1.42 bits per heavy atom. The van der Waals surface area contributed by atoms with Gasteiger partial charge in [-0.3, -0.25) is 9.89 Å². The highest BCUT2D eigenvalue weighted by molar-refractivity contribution is 5.94. The number of H-pyrrole nitrogens is 1. The molecule has 1 amide bonds. The van der Waals surface area contributed by atoms with Crippen LogP contribution in [0, 0.1) is 6.92 Å². The Morgan fingerprint density at radius 3 is 2.75 bits per heavy atom. The lowest BCUT2D eigenvalue weighted by molar-refractivity contribution is -0.130. The highest BCUT2D eigenvalue weighted by Crippen LogP contribution is 2.34. The summed E-state index contributed by atoms with van der Waals surface area (Å²) in [5, 5.41) is 36.1. The minimum atomic E-state index is -1.28. The molecule has 0 unspecified atom stereocenters. The molecule has 2 aliphatic rings. The summed E-state index contributed by atoms with van der Waals surface area (Å²) in [6, 6.07) is -0.338. The van der Waals surface area contributed by atoms with Crippen LogP contribution in [0.4, 0.5) is 0 Å². The second kappa shape index (κ2) is 6.60. The molecule has 4 N–H and O–H groups in total. The summed E-state index contributed by atoms with van der Waals surface area (Å²) in [4.78, 5) is 18.8. The molecular weight excluding hydrogens is 316 g/mol. The Morgan fingerprint density at radius 2 is 2.17 bits per heavy atom. The van der Waals surface area contributed by atoms with Gasteiger partial charge in [-0.1, -0.05) is 0 Å². The van der Waals surface area contributed by atoms with Crippen molar-refractivity contribution in [3.8, 4) is 0 Å². The fraction of sp³-hybridized carbons (Fsp3) is 0.667. The van der Waals surface area contributed by atoms with Crippen LogP contribution in [0.5, 0.6) is 0 Å². The SMILES string of the molecule is CO[C@@H]1C[C@@H](c2n[nH]c(C)n2)N(C(=O)C2=C[C@@H](O)[C@@H](O)[C@H](O)C2)C1. The Labute approximate surface area is 139 Å². The average molecular weight is 338 g/mol. The Bertz CT molecular complexity index is 646. The number of carbonyl (C=O) groups excluding carboxylic acids is 1. The maximum atomic E-state index is 12.9. The third kappa shape index (κ3) is 3.07. The van der Waals surface area contributed by atoms with E-state index in [4.69, 9.17) is 4.74 Å². The molecule has 9 nitrogen and oxygen atoms in total. The maximum Gasteiger partial charge on any atom is 0.250 e. The second-order valence-corrected chi connectivity index (χ2v) is 6.29. The Balaban J connectivity index is 1.85. The third-order valence-electron chi connectivity index (χ3n) is 4.59. The van der Waals surface area contributed by atoms with Gasteiger partial charge in [-0.2, -0.15) is 5.10 Å². The topological polar surface area (TPSA) is 132 Å². The van der Waals surface area contributed by atoms with Gasteiger partial charge in [0.05, 0.1) is 18.2 Å². The molecule has 132 valence electrons. The number of nitrogens with one attached hydrogen (secondary N) is 1. The van der Waals surface area contributed by atoms with Crippen molar-refractivity contribution in [1.29, 1.82) is 0 Å². The molecule has 1 fully saturated rings. The lowest BCUT2D eigenvalue weighted by Crippen LogP contribution is -2.43. The zero-order chi connectivity index (χ0) is 17.4. The molecule has 1 aliphatic carbocycles. The number of rotatable bonds is 3. The number of likely N-dealkylation sites (tertiary alicyclic amines) is 1. The Kier molecular flexibility index (Phi) is 4.68. The number of methoxy groups -OCH3 is 1. The largest absolute Gasteiger partial charge is 0.390 e. The van der Waals surface area contributed by atoms with E-state index < -0.39 is 18.3 Å². The number of hydrogen-bond donors (Lipinski definition) is 4. The molecule has 0 spiro atoms. The molecule has 1 aromatic rings. The number of ether oxygens (including phenoxy) is 1. The van der Waals surface area contributed by atoms with Crippen molar-refractivity contribution in [2.45, 2.75) is 50.2 Å². The summed E-state index contributed by atoms with van der Waals surface area (Å²) < 4.78 is 5.38. The van der Waals surface area contributed by atoms with Crippen LogP contribution in [-0.4, -0.2) is 79.4 Å². The van der Waals surface area contributed by atoms with Gasteiger partial charge in [-0.05, 0) is 13.0 Å². The lowest BCUT2D eigenvalue weighted by Gasteiger charge is -2.30. The number of hydrogen-bond acceptors (Lipinski definition) is 7. The molecule has 0 bridgehead atoms. The summed E-state index contributed by atoms with van der Waals surface area (Å²) >= 11 is 0. The van der Waals surface area contributed by atoms with Gasteiger partial charge in [0.1, 0.15) is 18.0 Å². The zero-order valence-electron chi connectivity index (χ0n) is 13.6. The van der Waals surface area contributed by atoms with E-state index in [1.54, 1.807) is 18.9 Å². The second-order valence-electron chi connectivity index (χ2n) is 6.29. The molecule has 0 aromatic carbocycles. The Hall–Kier alpha value is -1.81. The summed E-state index contributed by atoms with van der Waals surface area (Å²) in [6.07, 6.45) is -1.99. The van der Waals surface area contributed by atoms with Crippen LogP contribution >= 0.6 is 0 Å². The quantitative estimate of drug-likeness (QED) is 0.545. The molecular formula is C15H22N4O5. The number of nitrogens with zero attached hydrogens (tertiary/aromatic N) is 3. The normalized spacial score (nSPS) is 33.6. The van der Waals surface area contributed by atoms with Crippen LogP contribution < -0.4 is 0 Å². The minimum absolute atomic E-state index is 0.00898. The summed E-state index contributed by atoms with van der Waals surface area (Å²) in [5.74, 6) is 0.856. The number of aryl methyl sites for hydroxylation is 1. The first-order chi connectivity index (χ1) is 11.4. The number of aromatic nitrogens is 3. The molecule has 0 saturated carbocycles. The minimum Gasteiger partial charge on any atom is -0.390 e. The van der Waals surface area contributed by atoms with Gasteiger partial charge in [0.2, 0.25) is 5.91 Å². The van der Waals surface area contributed by atoms with Crippen LogP contribution in [0.1, 0.15) is 30.5 Å². The highest BCUT2D eigenvalue weighted by Gasteiger charge is 2.41. The van der Waals surface area contributed by atoms with Crippen LogP contribution in [0.3, 0.4) is 0 Å². The lowest BCUT2D eigenvalue weighted by atomic mass is 9.91. The summed E-state index contributed by atoms with van der Waals surface area (Å²) in [5.41, 5.74) is 0.273. The van der Waals surface area contributed by atoms with E-state index in [0.717, 1.165) is 0 Å². The number of amides is 1. The van der Waals surface area contributed by atoms with E-state index in [9.17, 15) is 20.1 Å². The van der Waals surface area contributed by atoms with E-state index in [2.05, 4.69) is 15.2 Å². The van der Waals surface area contributed by atoms with E-state index >= 15 is 0 Å². The van der Waals surface area contributed by atoms with Crippen molar-refractivity contribution in [2.75, 3.05) is 13.7 Å². The van der Waals surface area contributed by atoms with Crippen molar-refractivity contribution in [1.82, 2.24) is 20.1 Å². The number of aliphatic hydroxyl groups is 3. The van der Waals surface area contributed by atoms with Crippen LogP contribution in [0.15, 0.2) is 11.6 Å². The zero-order valence-corrected chi connectivity index (χ0v) is 13.6. The van der Waals surface area contributed by atoms with Gasteiger partial charge in [0.15, 0.2) is 5.82 Å². The van der Waals surface area contributed by atoms with E-state index in [1.807, 2.05) is 0 Å². The summed E-state index contributed by atoms with van der Waals surface area (Å²) in [6.45, 7) is 2.16. The number of carbonyl (C=O) groups is 1. The molecule has 2 heterocycles. The van der Waals surface area contributed by atoms with Gasteiger partial charge < -0.3 is 25.0 Å². The highest BCUT2D eigenvalue weighted by atomic mass is 16.5. The predicted octanol–water partition coefficient (Wildman–Crippen LogP) is -1.19. The summed E-state index contributed by atoms with van der Waals surface area (Å²) in [7, 11) is 1.59. The van der Waals surface area contributed by atoms with Gasteiger partial charge in [-0.25, -0.2) is 4.98 Å². The molecule has 9 heteroatoms. The van der Waals surface area contributed by atoms with Crippen LogP contribution in [0.2, 0.25) is 0 Å². The van der Waals surface area contributed by atoms with Crippen LogP contribution in [-0.2, 0) is 9.53 Å². The van der Waals surface area contributed by atoms with Gasteiger partial charge >= 0.3 is 0 Å². The molecule has 1 aromatic heterocycles. The number of aliphatic hydroxyl groups excluding tert-OH is 3. The number of aromatic amines is 1. The standard InChI is InChI=1S/C15H22N4O5/c1-7-16-14(18-17-7)10-5-9(24-2)6-19(10)15(23)8-3-11(20)13(22)12(21)4-8/h3,9-13,20-22H,4-6H2,1-2H3,(H,16,17,18)/t9-,10+,11-,12-,13-/m1/s1. The smallest absolute Gasteiger partial charge is 0.250 e. The predicted molar refractivity (Wildman–Crippen MR) is 81.7 cm³/mol. The molecule has 0 radical (unpaired) electrons. The third-order valence-corrected chi connectivity index (χ3v) is 4.59. The first-order valence-electron chi connectivity index (χ1n) is 7.88.